The van der Waals surface area contributed by atoms with Crippen LogP contribution in [0.15, 0.2) is 49.2 Å². The molecule has 0 spiro atoms. The van der Waals surface area contributed by atoms with Crippen LogP contribution in [0.3, 0.4) is 0 Å². The molecule has 6 rings (SSSR count). The number of fused-ring (bicyclic) bond motifs is 3. The van der Waals surface area contributed by atoms with Gasteiger partial charge in [-0.05, 0) is 61.6 Å². The van der Waals surface area contributed by atoms with Crippen molar-refractivity contribution in [2.75, 3.05) is 13.2 Å². The number of pyridine rings is 1. The van der Waals surface area contributed by atoms with Gasteiger partial charge in [-0.1, -0.05) is 30.4 Å². The number of hydrogen-bond acceptors (Lipinski definition) is 9. The van der Waals surface area contributed by atoms with Crippen molar-refractivity contribution in [1.29, 1.82) is 0 Å². The minimum atomic E-state index is -4.90. The average molecular weight is 734 g/mol. The Morgan fingerprint density at radius 1 is 1.18 bits per heavy atom. The first-order valence-corrected chi connectivity index (χ1v) is 18.3. The van der Waals surface area contributed by atoms with E-state index in [9.17, 15) is 40.8 Å². The standard InChI is InChI=1S/C34H38F3N5O8S/c1-2-22-17-33(22,31(45)41-51(47,48)24-10-11-24)40-28(43)27-16-23-19-42(27)30(44)26(18-34(35,36)37)39-32(46)49-14-6-4-3-5-7-20-8-9-21-12-13-38-29(50-23)25(21)15-20/h2,5,7-9,12-13,15,22-24,26-27H,1,3-4,6,10-11,14,16-19H2,(H,39,46)(H,40,43)(H,41,45)/b7-5+/t22-,23-,26+,27+,33?/m1/s1. The van der Waals surface area contributed by atoms with Gasteiger partial charge in [-0.2, -0.15) is 13.2 Å². The second kappa shape index (κ2) is 14.2. The largest absolute Gasteiger partial charge is 0.472 e. The van der Waals surface area contributed by atoms with Crippen LogP contribution in [0.1, 0.15) is 56.9 Å². The molecule has 2 aliphatic carbocycles. The number of benzene rings is 1. The number of hydrogen-bond donors (Lipinski definition) is 3. The van der Waals surface area contributed by atoms with Gasteiger partial charge in [0, 0.05) is 23.9 Å². The summed E-state index contributed by atoms with van der Waals surface area (Å²) < 4.78 is 79.9. The number of ether oxygens (including phenoxy) is 2. The van der Waals surface area contributed by atoms with E-state index in [1.54, 1.807) is 6.07 Å². The number of carbonyl (C=O) groups excluding carboxylic acids is 4. The first-order chi connectivity index (χ1) is 24.2. The molecule has 51 heavy (non-hydrogen) atoms. The van der Waals surface area contributed by atoms with E-state index in [0.29, 0.717) is 37.5 Å². The van der Waals surface area contributed by atoms with Gasteiger partial charge >= 0.3 is 12.3 Å². The molecule has 2 saturated carbocycles. The molecule has 1 saturated heterocycles. The third-order valence-corrected chi connectivity index (χ3v) is 11.3. The van der Waals surface area contributed by atoms with Crippen molar-refractivity contribution in [3.05, 3.63) is 54.8 Å². The van der Waals surface area contributed by atoms with Crippen molar-refractivity contribution < 1.29 is 50.2 Å². The molecule has 13 nitrogen and oxygen atoms in total. The van der Waals surface area contributed by atoms with E-state index in [2.05, 4.69) is 16.9 Å². The van der Waals surface area contributed by atoms with Crippen molar-refractivity contribution in [3.63, 3.8) is 0 Å². The van der Waals surface area contributed by atoms with Crippen LogP contribution < -0.4 is 20.1 Å². The number of nitrogens with one attached hydrogen (secondary N) is 3. The monoisotopic (exact) mass is 733 g/mol. The highest BCUT2D eigenvalue weighted by Crippen LogP contribution is 2.45. The summed E-state index contributed by atoms with van der Waals surface area (Å²) in [6.07, 6.45) is 0.131. The minimum absolute atomic E-state index is 0.00958. The number of alkyl halides is 3. The van der Waals surface area contributed by atoms with Gasteiger partial charge < -0.3 is 25.0 Å². The number of alkyl carbamates (subject to hydrolysis) is 1. The molecule has 2 aliphatic heterocycles. The molecule has 4 amide bonds. The Morgan fingerprint density at radius 3 is 2.67 bits per heavy atom. The molecule has 5 atom stereocenters. The van der Waals surface area contributed by atoms with Crippen molar-refractivity contribution in [1.82, 2.24) is 25.2 Å². The van der Waals surface area contributed by atoms with Crippen LogP contribution in [0.5, 0.6) is 5.88 Å². The smallest absolute Gasteiger partial charge is 0.407 e. The Hall–Kier alpha value is -4.67. The molecule has 4 bridgehead atoms. The number of nitrogens with zero attached hydrogens (tertiary/aromatic N) is 2. The molecule has 0 radical (unpaired) electrons. The quantitative estimate of drug-likeness (QED) is 0.360. The highest BCUT2D eigenvalue weighted by atomic mass is 32.2. The summed E-state index contributed by atoms with van der Waals surface area (Å²) in [5, 5.41) is 5.29. The number of amides is 4. The summed E-state index contributed by atoms with van der Waals surface area (Å²) in [5.41, 5.74) is -0.869. The van der Waals surface area contributed by atoms with Crippen LogP contribution in [0.25, 0.3) is 16.8 Å². The van der Waals surface area contributed by atoms with E-state index in [1.165, 1.54) is 12.3 Å². The summed E-state index contributed by atoms with van der Waals surface area (Å²) in [5.74, 6) is -3.61. The lowest BCUT2D eigenvalue weighted by Crippen LogP contribution is -2.58. The normalized spacial score (nSPS) is 27.9. The molecule has 4 aliphatic rings. The average Bonchev–Trinajstić information content (AvgIpc) is 3.99. The van der Waals surface area contributed by atoms with Crippen LogP contribution in [-0.4, -0.2) is 90.4 Å². The van der Waals surface area contributed by atoms with Gasteiger partial charge in [0.2, 0.25) is 27.7 Å². The Balaban J connectivity index is 1.33. The van der Waals surface area contributed by atoms with Gasteiger partial charge in [-0.25, -0.2) is 18.2 Å². The van der Waals surface area contributed by atoms with E-state index in [-0.39, 0.29) is 31.9 Å². The zero-order valence-electron chi connectivity index (χ0n) is 27.5. The number of aromatic nitrogens is 1. The highest BCUT2D eigenvalue weighted by molar-refractivity contribution is 7.91. The van der Waals surface area contributed by atoms with Gasteiger partial charge in [-0.3, -0.25) is 19.1 Å². The zero-order valence-corrected chi connectivity index (χ0v) is 28.3. The van der Waals surface area contributed by atoms with Gasteiger partial charge in [-0.15, -0.1) is 6.58 Å². The third kappa shape index (κ3) is 8.29. The Bertz CT molecular complexity index is 1870. The highest BCUT2D eigenvalue weighted by Gasteiger charge is 2.62. The third-order valence-electron chi connectivity index (χ3n) is 9.46. The lowest BCUT2D eigenvalue weighted by atomic mass is 10.1. The molecular weight excluding hydrogens is 695 g/mol. The maximum absolute atomic E-state index is 14.0. The molecule has 1 aromatic heterocycles. The second-order valence-corrected chi connectivity index (χ2v) is 15.3. The number of cyclic esters (lactones) is 1. The molecule has 1 aromatic carbocycles. The number of sulfonamides is 1. The summed E-state index contributed by atoms with van der Waals surface area (Å²) >= 11 is 0. The van der Waals surface area contributed by atoms with Crippen LogP contribution in [0.2, 0.25) is 0 Å². The van der Waals surface area contributed by atoms with Gasteiger partial charge in [0.1, 0.15) is 23.7 Å². The summed E-state index contributed by atoms with van der Waals surface area (Å²) in [6.45, 7) is 3.19. The summed E-state index contributed by atoms with van der Waals surface area (Å²) in [7, 11) is -3.99. The number of carbonyl (C=O) groups is 4. The van der Waals surface area contributed by atoms with E-state index < -0.39 is 81.3 Å². The lowest BCUT2D eigenvalue weighted by Gasteiger charge is -2.30. The van der Waals surface area contributed by atoms with Crippen molar-refractivity contribution >= 4 is 50.7 Å². The van der Waals surface area contributed by atoms with E-state index in [0.717, 1.165) is 15.8 Å². The van der Waals surface area contributed by atoms with Crippen LogP contribution >= 0.6 is 0 Å². The van der Waals surface area contributed by atoms with E-state index in [4.69, 9.17) is 9.47 Å². The molecule has 274 valence electrons. The Kier molecular flexibility index (Phi) is 10.0. The van der Waals surface area contributed by atoms with E-state index >= 15 is 0 Å². The fourth-order valence-electron chi connectivity index (χ4n) is 6.47. The van der Waals surface area contributed by atoms with Crippen molar-refractivity contribution in [2.45, 2.75) is 86.5 Å². The fraction of sp³-hybridized carbons (Fsp3) is 0.500. The molecule has 3 heterocycles. The number of allylic oxidation sites excluding steroid dienone is 1. The second-order valence-electron chi connectivity index (χ2n) is 13.3. The number of halogens is 3. The molecule has 3 N–H and O–H groups in total. The molecule has 1 unspecified atom stereocenters. The van der Waals surface area contributed by atoms with Gasteiger partial charge in [0.05, 0.1) is 24.8 Å². The first kappa shape index (κ1) is 36.1. The summed E-state index contributed by atoms with van der Waals surface area (Å²) in [4.78, 5) is 59.1. The minimum Gasteiger partial charge on any atom is -0.472 e. The Labute approximate surface area is 292 Å². The van der Waals surface area contributed by atoms with Gasteiger partial charge in [0.25, 0.3) is 5.91 Å². The van der Waals surface area contributed by atoms with E-state index in [1.807, 2.05) is 40.4 Å². The number of rotatable bonds is 7. The summed E-state index contributed by atoms with van der Waals surface area (Å²) in [6, 6.07) is 3.78. The lowest BCUT2D eigenvalue weighted by molar-refractivity contribution is -0.155. The topological polar surface area (TPSA) is 173 Å². The van der Waals surface area contributed by atoms with Crippen LogP contribution in [0, 0.1) is 5.92 Å². The molecule has 2 aromatic rings. The fourth-order valence-corrected chi connectivity index (χ4v) is 7.84. The first-order valence-electron chi connectivity index (χ1n) is 16.7. The SMILES string of the molecule is C=C[C@@H]1CC1(NC(=O)[C@@H]1C[C@@H]2CN1C(=O)[C@H](CC(F)(F)F)NC(=O)OCCCC/C=C/c1ccc3ccnc(c3c1)O2)C(=O)NS(=O)(=O)C1CC1. The van der Waals surface area contributed by atoms with Crippen LogP contribution in [0.4, 0.5) is 18.0 Å². The predicted molar refractivity (Wildman–Crippen MR) is 177 cm³/mol. The van der Waals surface area contributed by atoms with Crippen LogP contribution in [-0.2, 0) is 29.1 Å². The molecular formula is C34H38F3N5O8S. The predicted octanol–water partition coefficient (Wildman–Crippen LogP) is 3.50. The zero-order chi connectivity index (χ0) is 36.6. The van der Waals surface area contributed by atoms with Gasteiger partial charge in [0.15, 0.2) is 0 Å². The van der Waals surface area contributed by atoms with Crippen molar-refractivity contribution in [2.24, 2.45) is 5.92 Å². The maximum Gasteiger partial charge on any atom is 0.407 e. The Morgan fingerprint density at radius 2 is 1.96 bits per heavy atom. The van der Waals surface area contributed by atoms with Crippen molar-refractivity contribution in [3.8, 4) is 5.88 Å². The molecule has 3 fully saturated rings. The maximum atomic E-state index is 14.0. The molecule has 17 heteroatoms.